The Bertz CT molecular complexity index is 690. The number of hydrogen-bond donors (Lipinski definition) is 0. The van der Waals surface area contributed by atoms with E-state index in [1.807, 2.05) is 13.0 Å². The average Bonchev–Trinajstić information content (AvgIpc) is 2.79. The van der Waals surface area contributed by atoms with Gasteiger partial charge in [0.1, 0.15) is 5.82 Å². The molecule has 1 heteroatoms. The minimum Gasteiger partial charge on any atom is -0.207 e. The van der Waals surface area contributed by atoms with Crippen LogP contribution in [0, 0.1) is 57.2 Å². The van der Waals surface area contributed by atoms with Crippen LogP contribution in [0.15, 0.2) is 42.5 Å². The maximum Gasteiger partial charge on any atom is 0.126 e. The van der Waals surface area contributed by atoms with Gasteiger partial charge in [0.15, 0.2) is 0 Å². The second-order valence-electron chi connectivity index (χ2n) is 11.1. The Labute approximate surface area is 243 Å². The van der Waals surface area contributed by atoms with Crippen molar-refractivity contribution in [3.8, 4) is 0 Å². The van der Waals surface area contributed by atoms with Crippen molar-refractivity contribution in [2.75, 3.05) is 0 Å². The molecule has 38 heavy (non-hydrogen) atoms. The summed E-state index contributed by atoms with van der Waals surface area (Å²) >= 11 is 0. The topological polar surface area (TPSA) is 0 Å². The molecule has 0 amide bonds. The van der Waals surface area contributed by atoms with E-state index in [0.29, 0.717) is 5.56 Å². The summed E-state index contributed by atoms with van der Waals surface area (Å²) in [6.07, 6.45) is 11.8. The molecule has 2 aromatic carbocycles. The molecule has 2 aliphatic rings. The highest BCUT2D eigenvalue weighted by Gasteiger charge is 2.13. The van der Waals surface area contributed by atoms with Crippen molar-refractivity contribution in [3.05, 3.63) is 70.5 Å². The molecule has 0 atom stereocenters. The lowest BCUT2D eigenvalue weighted by Gasteiger charge is -2.22. The van der Waals surface area contributed by atoms with Gasteiger partial charge in [-0.1, -0.05) is 164 Å². The summed E-state index contributed by atoms with van der Waals surface area (Å²) in [4.78, 5) is 0. The van der Waals surface area contributed by atoms with Gasteiger partial charge >= 0.3 is 0 Å². The van der Waals surface area contributed by atoms with E-state index in [1.54, 1.807) is 13.0 Å². The molecule has 0 aromatic heterocycles. The van der Waals surface area contributed by atoms with Gasteiger partial charge in [-0.25, -0.2) is 4.39 Å². The molecule has 0 nitrogen and oxygen atoms in total. The first-order valence-electron chi connectivity index (χ1n) is 13.3. The predicted octanol–water partition coefficient (Wildman–Crippen LogP) is 13.8. The van der Waals surface area contributed by atoms with Gasteiger partial charge in [0.25, 0.3) is 0 Å². The Morgan fingerprint density at radius 1 is 0.474 bits per heavy atom. The maximum atomic E-state index is 12.6. The van der Waals surface area contributed by atoms with Crippen molar-refractivity contribution < 1.29 is 5.82 Å². The number of benzene rings is 2. The number of halogens is 1. The molecule has 0 heterocycles. The molecule has 2 aromatic rings. The van der Waals surface area contributed by atoms with Gasteiger partial charge in [-0.3, -0.25) is 0 Å². The highest BCUT2D eigenvalue weighted by molar-refractivity contribution is 5.21. The smallest absolute Gasteiger partial charge is 0.126 e. The van der Waals surface area contributed by atoms with E-state index in [0.717, 1.165) is 29.2 Å². The maximum absolute atomic E-state index is 12.6. The molecule has 0 radical (unpaired) electrons. The van der Waals surface area contributed by atoms with Gasteiger partial charge in [-0.15, -0.1) is 0 Å². The number of aryl methyl sites for hydroxylation is 4. The lowest BCUT2D eigenvalue weighted by atomic mass is 9.84. The third-order valence-corrected chi connectivity index (χ3v) is 7.15. The van der Waals surface area contributed by atoms with Crippen LogP contribution < -0.4 is 0 Å². The molecule has 0 spiro atoms. The third-order valence-electron chi connectivity index (χ3n) is 7.15. The van der Waals surface area contributed by atoms with Crippen LogP contribution in [-0.2, 0) is 0 Å². The summed E-state index contributed by atoms with van der Waals surface area (Å²) in [5, 5.41) is 0. The van der Waals surface area contributed by atoms with E-state index in [2.05, 4.69) is 65.8 Å². The molecule has 0 aliphatic heterocycles. The van der Waals surface area contributed by atoms with Crippen LogP contribution in [0.25, 0.3) is 0 Å². The molecule has 2 saturated carbocycles. The molecule has 0 unspecified atom stereocenters. The first kappa shape index (κ1) is 46.2. The third kappa shape index (κ3) is 22.4. The van der Waals surface area contributed by atoms with Crippen molar-refractivity contribution in [2.24, 2.45) is 23.7 Å². The lowest BCUT2D eigenvalue weighted by molar-refractivity contribution is 0.308. The van der Waals surface area contributed by atoms with Crippen molar-refractivity contribution in [2.45, 2.75) is 144 Å². The van der Waals surface area contributed by atoms with Crippen LogP contribution in [0.5, 0.6) is 0 Å². The molecule has 0 bridgehead atoms. The highest BCUT2D eigenvalue weighted by Crippen LogP contribution is 2.27. The summed E-state index contributed by atoms with van der Waals surface area (Å²) in [6.45, 7) is 17.3. The Kier molecular flexibility index (Phi) is 31.2. The molecule has 0 saturated heterocycles. The van der Waals surface area contributed by atoms with Gasteiger partial charge < -0.3 is 0 Å². The van der Waals surface area contributed by atoms with E-state index >= 15 is 0 Å². The zero-order valence-corrected chi connectivity index (χ0v) is 22.9. The fourth-order valence-electron chi connectivity index (χ4n) is 4.19. The quantitative estimate of drug-likeness (QED) is 0.314. The second kappa shape index (κ2) is 25.6. The average molecular weight is 537 g/mol. The molecular weight excluding hydrogens is 463 g/mol. The number of rotatable bonds is 0. The van der Waals surface area contributed by atoms with E-state index in [1.165, 1.54) is 68.6 Å². The van der Waals surface area contributed by atoms with Gasteiger partial charge in [-0.2, -0.15) is 0 Å². The van der Waals surface area contributed by atoms with Crippen LogP contribution in [-0.4, -0.2) is 0 Å². The summed E-state index contributed by atoms with van der Waals surface area (Å²) in [5.41, 5.74) is 4.34. The van der Waals surface area contributed by atoms with E-state index in [-0.39, 0.29) is 44.4 Å². The van der Waals surface area contributed by atoms with Gasteiger partial charge in [-0.05, 0) is 68.6 Å². The standard InChI is InChI=1S/C8H9F.2C8H16.C8H10.5CH4.H2/c1-6-3-4-7(2)8(9)5-6;3*1-7-3-5-8(2)6-4-7;;;;;;/h3-5H,1-2H3;2*7-8H,3-6H2,1-2H3;3-6H,1-2H3;5*1H4;1H. The molecule has 0 N–H and O–H groups in total. The van der Waals surface area contributed by atoms with E-state index < -0.39 is 0 Å². The normalized spacial score (nSPS) is 21.0. The van der Waals surface area contributed by atoms with Crippen molar-refractivity contribution in [1.82, 2.24) is 0 Å². The zero-order valence-electron chi connectivity index (χ0n) is 22.9. The number of hydrogen-bond acceptors (Lipinski definition) is 0. The molecular formula is C37H73F. The SMILES string of the molecule is C.C.C.C.C.CC1CCC(C)CC1.CC1CCC(C)CC1.Cc1ccc(C)c(F)c1.Cc1ccc(C)cc1.[HH]. The zero-order chi connectivity index (χ0) is 24.8. The molecule has 2 fully saturated rings. The summed E-state index contributed by atoms with van der Waals surface area (Å²) in [7, 11) is 0. The van der Waals surface area contributed by atoms with E-state index in [4.69, 9.17) is 0 Å². The van der Waals surface area contributed by atoms with Gasteiger partial charge in [0.2, 0.25) is 0 Å². The Balaban J connectivity index is -0.0000000886. The fraction of sp³-hybridized carbons (Fsp3) is 0.676. The first-order chi connectivity index (χ1) is 15.6. The molecule has 2 aliphatic carbocycles. The van der Waals surface area contributed by atoms with Crippen molar-refractivity contribution in [3.63, 3.8) is 0 Å². The highest BCUT2D eigenvalue weighted by atomic mass is 19.1. The van der Waals surface area contributed by atoms with Gasteiger partial charge in [0.05, 0.1) is 0 Å². The minimum absolute atomic E-state index is 0. The van der Waals surface area contributed by atoms with Crippen molar-refractivity contribution in [1.29, 1.82) is 0 Å². The summed E-state index contributed by atoms with van der Waals surface area (Å²) in [6, 6.07) is 13.7. The summed E-state index contributed by atoms with van der Waals surface area (Å²) in [5.74, 6) is 3.96. The Morgan fingerprint density at radius 3 is 0.921 bits per heavy atom. The van der Waals surface area contributed by atoms with E-state index in [9.17, 15) is 4.39 Å². The summed E-state index contributed by atoms with van der Waals surface area (Å²) < 4.78 is 12.6. The predicted molar refractivity (Wildman–Crippen MR) is 181 cm³/mol. The van der Waals surface area contributed by atoms with Gasteiger partial charge in [0, 0.05) is 1.43 Å². The van der Waals surface area contributed by atoms with Crippen LogP contribution >= 0.6 is 0 Å². The second-order valence-corrected chi connectivity index (χ2v) is 11.1. The van der Waals surface area contributed by atoms with Crippen molar-refractivity contribution >= 4 is 0 Å². The minimum atomic E-state index is -0.116. The Hall–Kier alpha value is -1.63. The van der Waals surface area contributed by atoms with Crippen LogP contribution in [0.2, 0.25) is 0 Å². The molecule has 4 rings (SSSR count). The Morgan fingerprint density at radius 2 is 0.711 bits per heavy atom. The van der Waals surface area contributed by atoms with Crippen LogP contribution in [0.4, 0.5) is 4.39 Å². The fourth-order valence-corrected chi connectivity index (χ4v) is 4.19. The molecule has 228 valence electrons. The first-order valence-corrected chi connectivity index (χ1v) is 13.3. The lowest BCUT2D eigenvalue weighted by Crippen LogP contribution is -2.08. The largest absolute Gasteiger partial charge is 0.207 e. The monoisotopic (exact) mass is 537 g/mol. The van der Waals surface area contributed by atoms with Crippen LogP contribution in [0.3, 0.4) is 0 Å². The van der Waals surface area contributed by atoms with Crippen LogP contribution in [0.1, 0.15) is 140 Å².